The molecule has 0 bridgehead atoms. The van der Waals surface area contributed by atoms with E-state index in [1.54, 1.807) is 0 Å². The average Bonchev–Trinajstić information content (AvgIpc) is 2.53. The standard InChI is InChI=1S/C18H27N3O3/c1-2-21(13-17(22)23)16-11-15(12-16)20-18(24)19-10-6-9-14-7-4-3-5-8-14/h3-5,7-8,15-16H,2,6,9-13H2,1H3,(H,22,23)(H2,19,20,24). The van der Waals surface area contributed by atoms with E-state index >= 15 is 0 Å². The van der Waals surface area contributed by atoms with Crippen molar-refractivity contribution in [3.05, 3.63) is 35.9 Å². The van der Waals surface area contributed by atoms with Gasteiger partial charge < -0.3 is 15.7 Å². The molecule has 6 nitrogen and oxygen atoms in total. The first kappa shape index (κ1) is 18.3. The van der Waals surface area contributed by atoms with Crippen molar-refractivity contribution in [1.82, 2.24) is 15.5 Å². The molecule has 0 aliphatic heterocycles. The van der Waals surface area contributed by atoms with Crippen LogP contribution in [0.1, 0.15) is 31.7 Å². The van der Waals surface area contributed by atoms with Crippen molar-refractivity contribution in [3.8, 4) is 0 Å². The lowest BCUT2D eigenvalue weighted by molar-refractivity contribution is -0.139. The summed E-state index contributed by atoms with van der Waals surface area (Å²) < 4.78 is 0. The minimum atomic E-state index is -0.801. The summed E-state index contributed by atoms with van der Waals surface area (Å²) in [6.45, 7) is 3.40. The third-order valence-electron chi connectivity index (χ3n) is 4.48. The quantitative estimate of drug-likeness (QED) is 0.603. The Hall–Kier alpha value is -2.08. The number of carboxylic acid groups (broad SMARTS) is 1. The Morgan fingerprint density at radius 3 is 2.58 bits per heavy atom. The largest absolute Gasteiger partial charge is 0.480 e. The highest BCUT2D eigenvalue weighted by molar-refractivity contribution is 5.74. The number of carbonyl (C=O) groups is 2. The molecule has 0 spiro atoms. The summed E-state index contributed by atoms with van der Waals surface area (Å²) in [5.74, 6) is -0.801. The molecule has 1 aromatic carbocycles. The minimum absolute atomic E-state index is 0.0690. The molecule has 6 heteroatoms. The van der Waals surface area contributed by atoms with Crippen LogP contribution < -0.4 is 10.6 Å². The van der Waals surface area contributed by atoms with Crippen LogP contribution in [0.15, 0.2) is 30.3 Å². The number of benzene rings is 1. The lowest BCUT2D eigenvalue weighted by Gasteiger charge is -2.42. The van der Waals surface area contributed by atoms with E-state index in [-0.39, 0.29) is 24.7 Å². The van der Waals surface area contributed by atoms with E-state index in [0.29, 0.717) is 6.54 Å². The van der Waals surface area contributed by atoms with E-state index in [0.717, 1.165) is 32.2 Å². The molecule has 132 valence electrons. The third kappa shape index (κ3) is 5.85. The Labute approximate surface area is 143 Å². The van der Waals surface area contributed by atoms with Crippen LogP contribution >= 0.6 is 0 Å². The Balaban J connectivity index is 1.56. The van der Waals surface area contributed by atoms with Gasteiger partial charge in [0.05, 0.1) is 6.54 Å². The van der Waals surface area contributed by atoms with Gasteiger partial charge in [0, 0.05) is 18.6 Å². The average molecular weight is 333 g/mol. The summed E-state index contributed by atoms with van der Waals surface area (Å²) in [5, 5.41) is 14.7. The molecule has 2 rings (SSSR count). The first-order chi connectivity index (χ1) is 11.6. The van der Waals surface area contributed by atoms with Crippen molar-refractivity contribution in [2.45, 2.75) is 44.7 Å². The van der Waals surface area contributed by atoms with Crippen molar-refractivity contribution in [3.63, 3.8) is 0 Å². The molecule has 1 saturated carbocycles. The normalized spacial score (nSPS) is 19.6. The zero-order valence-corrected chi connectivity index (χ0v) is 14.2. The number of rotatable bonds is 9. The van der Waals surface area contributed by atoms with Gasteiger partial charge in [-0.15, -0.1) is 0 Å². The maximum Gasteiger partial charge on any atom is 0.317 e. The molecular weight excluding hydrogens is 306 g/mol. The predicted molar refractivity (Wildman–Crippen MR) is 93.0 cm³/mol. The predicted octanol–water partition coefficient (Wildman–Crippen LogP) is 1.86. The molecule has 24 heavy (non-hydrogen) atoms. The summed E-state index contributed by atoms with van der Waals surface area (Å²) in [4.78, 5) is 24.6. The van der Waals surface area contributed by atoms with Crippen molar-refractivity contribution >= 4 is 12.0 Å². The number of urea groups is 1. The minimum Gasteiger partial charge on any atom is -0.480 e. The molecule has 0 heterocycles. The second kappa shape index (κ2) is 9.27. The number of nitrogens with one attached hydrogen (secondary N) is 2. The van der Waals surface area contributed by atoms with Gasteiger partial charge in [0.15, 0.2) is 0 Å². The van der Waals surface area contributed by atoms with Gasteiger partial charge in [-0.3, -0.25) is 9.69 Å². The van der Waals surface area contributed by atoms with E-state index in [1.807, 2.05) is 30.0 Å². The van der Waals surface area contributed by atoms with Crippen LogP contribution in [0.4, 0.5) is 4.79 Å². The molecule has 1 aliphatic carbocycles. The highest BCUT2D eigenvalue weighted by Crippen LogP contribution is 2.25. The maximum atomic E-state index is 11.9. The molecule has 1 aliphatic rings. The summed E-state index contributed by atoms with van der Waals surface area (Å²) in [7, 11) is 0. The number of aliphatic carboxylic acids is 1. The number of hydrogen-bond acceptors (Lipinski definition) is 3. The molecule has 1 aromatic rings. The molecule has 1 fully saturated rings. The van der Waals surface area contributed by atoms with E-state index in [2.05, 4.69) is 22.8 Å². The van der Waals surface area contributed by atoms with Gasteiger partial charge in [0.1, 0.15) is 0 Å². The van der Waals surface area contributed by atoms with E-state index < -0.39 is 5.97 Å². The van der Waals surface area contributed by atoms with Crippen molar-refractivity contribution in [1.29, 1.82) is 0 Å². The Morgan fingerprint density at radius 1 is 1.25 bits per heavy atom. The first-order valence-corrected chi connectivity index (χ1v) is 8.62. The summed E-state index contributed by atoms with van der Waals surface area (Å²) >= 11 is 0. The maximum absolute atomic E-state index is 11.9. The van der Waals surface area contributed by atoms with E-state index in [9.17, 15) is 9.59 Å². The van der Waals surface area contributed by atoms with Gasteiger partial charge in [-0.05, 0) is 37.8 Å². The summed E-state index contributed by atoms with van der Waals surface area (Å²) in [5.41, 5.74) is 1.28. The molecular formula is C18H27N3O3. The zero-order valence-electron chi connectivity index (χ0n) is 14.2. The molecule has 3 N–H and O–H groups in total. The van der Waals surface area contributed by atoms with Crippen LogP contribution in [-0.4, -0.2) is 53.7 Å². The second-order valence-electron chi connectivity index (χ2n) is 6.27. The summed E-state index contributed by atoms with van der Waals surface area (Å²) in [6.07, 6.45) is 3.50. The van der Waals surface area contributed by atoms with E-state index in [1.165, 1.54) is 5.56 Å². The van der Waals surface area contributed by atoms with Crippen LogP contribution in [0, 0.1) is 0 Å². The number of likely N-dealkylation sites (N-methyl/N-ethyl adjacent to an activating group) is 1. The highest BCUT2D eigenvalue weighted by atomic mass is 16.4. The number of carboxylic acids is 1. The van der Waals surface area contributed by atoms with Crippen LogP contribution in [0.3, 0.4) is 0 Å². The van der Waals surface area contributed by atoms with Crippen LogP contribution in [0.25, 0.3) is 0 Å². The first-order valence-electron chi connectivity index (χ1n) is 8.62. The molecule has 0 atom stereocenters. The SMILES string of the molecule is CCN(CC(=O)O)C1CC(NC(=O)NCCCc2ccccc2)C1. The topological polar surface area (TPSA) is 81.7 Å². The fourth-order valence-corrected chi connectivity index (χ4v) is 3.05. The fraction of sp³-hybridized carbons (Fsp3) is 0.556. The Bertz CT molecular complexity index is 530. The van der Waals surface area contributed by atoms with Crippen LogP contribution in [0.2, 0.25) is 0 Å². The van der Waals surface area contributed by atoms with Crippen molar-refractivity contribution in [2.75, 3.05) is 19.6 Å². The number of amides is 2. The zero-order chi connectivity index (χ0) is 17.4. The Morgan fingerprint density at radius 2 is 1.96 bits per heavy atom. The monoisotopic (exact) mass is 333 g/mol. The van der Waals surface area contributed by atoms with Crippen molar-refractivity contribution in [2.24, 2.45) is 0 Å². The van der Waals surface area contributed by atoms with Gasteiger partial charge in [-0.1, -0.05) is 37.3 Å². The smallest absolute Gasteiger partial charge is 0.317 e. The molecule has 0 saturated heterocycles. The van der Waals surface area contributed by atoms with Crippen molar-refractivity contribution < 1.29 is 14.7 Å². The van der Waals surface area contributed by atoms with Gasteiger partial charge in [0.25, 0.3) is 0 Å². The molecule has 0 aromatic heterocycles. The molecule has 0 radical (unpaired) electrons. The molecule has 2 amide bonds. The fourth-order valence-electron chi connectivity index (χ4n) is 3.05. The van der Waals surface area contributed by atoms with Gasteiger partial charge in [-0.2, -0.15) is 0 Å². The Kier molecular flexibility index (Phi) is 7.06. The van der Waals surface area contributed by atoms with Gasteiger partial charge in [0.2, 0.25) is 0 Å². The molecule has 0 unspecified atom stereocenters. The number of hydrogen-bond donors (Lipinski definition) is 3. The van der Waals surface area contributed by atoms with E-state index in [4.69, 9.17) is 5.11 Å². The number of carbonyl (C=O) groups excluding carboxylic acids is 1. The third-order valence-corrected chi connectivity index (χ3v) is 4.48. The number of nitrogens with zero attached hydrogens (tertiary/aromatic N) is 1. The van der Waals surface area contributed by atoms with Crippen LogP contribution in [0.5, 0.6) is 0 Å². The van der Waals surface area contributed by atoms with Gasteiger partial charge in [-0.25, -0.2) is 4.79 Å². The lowest BCUT2D eigenvalue weighted by Crippen LogP contribution is -2.56. The van der Waals surface area contributed by atoms with Crippen LogP contribution in [-0.2, 0) is 11.2 Å². The second-order valence-corrected chi connectivity index (χ2v) is 6.27. The number of aryl methyl sites for hydroxylation is 1. The lowest BCUT2D eigenvalue weighted by atomic mass is 9.85. The highest BCUT2D eigenvalue weighted by Gasteiger charge is 2.34. The summed E-state index contributed by atoms with van der Waals surface area (Å²) in [6, 6.07) is 10.5. The van der Waals surface area contributed by atoms with Gasteiger partial charge >= 0.3 is 12.0 Å².